The van der Waals surface area contributed by atoms with Gasteiger partial charge in [0.15, 0.2) is 5.78 Å². The summed E-state index contributed by atoms with van der Waals surface area (Å²) in [5, 5.41) is 0.613. The van der Waals surface area contributed by atoms with Crippen molar-refractivity contribution >= 4 is 56.3 Å². The fourth-order valence-electron chi connectivity index (χ4n) is 1.39. The molecule has 2 rings (SSSR count). The third-order valence-electron chi connectivity index (χ3n) is 2.23. The number of hydrogen-bond donors (Lipinski definition) is 0. The number of Topliss-reactive ketones (excluding diaryl/α,β-unsaturated/α-hetero) is 1. The lowest BCUT2D eigenvalue weighted by Gasteiger charge is -2.01. The molecule has 0 aliphatic heterocycles. The Morgan fingerprint density at radius 2 is 2.00 bits per heavy atom. The number of carbonyl (C=O) groups is 1. The lowest BCUT2D eigenvalue weighted by atomic mass is 10.1. The van der Waals surface area contributed by atoms with Gasteiger partial charge in [-0.25, -0.2) is 0 Å². The molecule has 0 spiro atoms. The van der Waals surface area contributed by atoms with Crippen molar-refractivity contribution in [2.45, 2.75) is 6.42 Å². The van der Waals surface area contributed by atoms with Crippen LogP contribution in [0.3, 0.4) is 0 Å². The summed E-state index contributed by atoms with van der Waals surface area (Å²) in [6.45, 7) is 0. The molecule has 0 atom stereocenters. The van der Waals surface area contributed by atoms with Crippen LogP contribution in [0.25, 0.3) is 0 Å². The highest BCUT2D eigenvalue weighted by molar-refractivity contribution is 9.10. The van der Waals surface area contributed by atoms with Crippen LogP contribution in [0, 0.1) is 0 Å². The van der Waals surface area contributed by atoms with Gasteiger partial charge in [-0.1, -0.05) is 41.4 Å². The maximum atomic E-state index is 12.0. The summed E-state index contributed by atoms with van der Waals surface area (Å²) in [5.41, 5.74) is 0.833. The number of ketones is 1. The van der Waals surface area contributed by atoms with Gasteiger partial charge in [0.25, 0.3) is 0 Å². The lowest BCUT2D eigenvalue weighted by molar-refractivity contribution is 0.0997. The first-order valence-corrected chi connectivity index (χ1v) is 7.16. The molecule has 1 aromatic carbocycles. The van der Waals surface area contributed by atoms with E-state index in [2.05, 4.69) is 15.9 Å². The Morgan fingerprint density at radius 1 is 1.29 bits per heavy atom. The van der Waals surface area contributed by atoms with Crippen LogP contribution in [0.1, 0.15) is 15.2 Å². The Labute approximate surface area is 121 Å². The molecule has 0 fully saturated rings. The van der Waals surface area contributed by atoms with Crippen molar-refractivity contribution in [2.24, 2.45) is 0 Å². The van der Waals surface area contributed by atoms with Crippen LogP contribution in [0.5, 0.6) is 0 Å². The first-order chi connectivity index (χ1) is 8.08. The van der Waals surface area contributed by atoms with Gasteiger partial charge in [-0.05, 0) is 33.6 Å². The Kier molecular flexibility index (Phi) is 4.26. The largest absolute Gasteiger partial charge is 0.293 e. The Bertz CT molecular complexity index is 546. The van der Waals surface area contributed by atoms with Crippen molar-refractivity contribution in [3.8, 4) is 0 Å². The van der Waals surface area contributed by atoms with E-state index in [9.17, 15) is 4.79 Å². The molecule has 0 aliphatic rings. The number of halogens is 3. The molecule has 88 valence electrons. The number of carbonyl (C=O) groups excluding carboxylic acids is 1. The normalized spacial score (nSPS) is 10.5. The number of benzene rings is 1. The lowest BCUT2D eigenvalue weighted by Crippen LogP contribution is -2.01. The standard InChI is InChI=1S/C12H7BrCl2OS/c13-8-6-11(17-12(8)15)10(16)5-7-3-1-2-4-9(7)14/h1-4,6H,5H2. The van der Waals surface area contributed by atoms with Gasteiger partial charge in [-0.3, -0.25) is 4.79 Å². The predicted octanol–water partition coefficient (Wildman–Crippen LogP) is 5.24. The Hall–Kier alpha value is -0.350. The fourth-order valence-corrected chi connectivity index (χ4v) is 3.23. The SMILES string of the molecule is O=C(Cc1ccccc1Cl)c1cc(Br)c(Cl)s1. The Morgan fingerprint density at radius 3 is 2.59 bits per heavy atom. The van der Waals surface area contributed by atoms with Crippen LogP contribution in [-0.4, -0.2) is 5.78 Å². The first kappa shape index (κ1) is 13.1. The summed E-state index contributed by atoms with van der Waals surface area (Å²) < 4.78 is 1.35. The number of thiophene rings is 1. The van der Waals surface area contributed by atoms with Gasteiger partial charge in [-0.15, -0.1) is 11.3 Å². The number of hydrogen-bond acceptors (Lipinski definition) is 2. The molecule has 0 radical (unpaired) electrons. The second kappa shape index (κ2) is 5.53. The van der Waals surface area contributed by atoms with Crippen LogP contribution in [0.2, 0.25) is 9.36 Å². The zero-order chi connectivity index (χ0) is 12.4. The summed E-state index contributed by atoms with van der Waals surface area (Å²) in [6.07, 6.45) is 0.295. The van der Waals surface area contributed by atoms with E-state index in [1.165, 1.54) is 11.3 Å². The van der Waals surface area contributed by atoms with E-state index < -0.39 is 0 Å². The summed E-state index contributed by atoms with van der Waals surface area (Å²) in [4.78, 5) is 12.6. The van der Waals surface area contributed by atoms with Gasteiger partial charge in [0.05, 0.1) is 4.88 Å². The van der Waals surface area contributed by atoms with Crippen LogP contribution < -0.4 is 0 Å². The van der Waals surface area contributed by atoms with Crippen LogP contribution in [0.15, 0.2) is 34.8 Å². The van der Waals surface area contributed by atoms with Crippen molar-refractivity contribution in [3.05, 3.63) is 54.6 Å². The second-order valence-electron chi connectivity index (χ2n) is 3.42. The van der Waals surface area contributed by atoms with Gasteiger partial charge in [0.1, 0.15) is 4.34 Å². The zero-order valence-corrected chi connectivity index (χ0v) is 12.5. The smallest absolute Gasteiger partial charge is 0.177 e. The molecule has 0 bridgehead atoms. The Balaban J connectivity index is 2.20. The van der Waals surface area contributed by atoms with Gasteiger partial charge < -0.3 is 0 Å². The van der Waals surface area contributed by atoms with Gasteiger partial charge in [-0.2, -0.15) is 0 Å². The molecular formula is C12H7BrCl2OS. The van der Waals surface area contributed by atoms with Crippen molar-refractivity contribution in [1.29, 1.82) is 0 Å². The van der Waals surface area contributed by atoms with Crippen LogP contribution in [-0.2, 0) is 6.42 Å². The molecule has 0 N–H and O–H groups in total. The van der Waals surface area contributed by atoms with Crippen molar-refractivity contribution in [2.75, 3.05) is 0 Å². The van der Waals surface area contributed by atoms with E-state index in [1.54, 1.807) is 12.1 Å². The maximum Gasteiger partial charge on any atom is 0.177 e. The minimum atomic E-state index is 0.0238. The molecule has 5 heteroatoms. The molecule has 0 saturated heterocycles. The first-order valence-electron chi connectivity index (χ1n) is 4.79. The topological polar surface area (TPSA) is 17.1 Å². The highest BCUT2D eigenvalue weighted by atomic mass is 79.9. The van der Waals surface area contributed by atoms with Gasteiger partial charge in [0, 0.05) is 15.9 Å². The van der Waals surface area contributed by atoms with E-state index in [4.69, 9.17) is 23.2 Å². The minimum absolute atomic E-state index is 0.0238. The average Bonchev–Trinajstić information content (AvgIpc) is 2.63. The molecule has 2 aromatic rings. The second-order valence-corrected chi connectivity index (χ2v) is 6.34. The molecular weight excluding hydrogens is 343 g/mol. The van der Waals surface area contributed by atoms with E-state index in [-0.39, 0.29) is 5.78 Å². The third-order valence-corrected chi connectivity index (χ3v) is 5.11. The fraction of sp³-hybridized carbons (Fsp3) is 0.0833. The maximum absolute atomic E-state index is 12.0. The monoisotopic (exact) mass is 348 g/mol. The summed E-state index contributed by atoms with van der Waals surface area (Å²) in [6, 6.07) is 9.08. The molecule has 1 aromatic heterocycles. The van der Waals surface area contributed by atoms with Crippen molar-refractivity contribution < 1.29 is 4.79 Å². The molecule has 0 unspecified atom stereocenters. The van der Waals surface area contributed by atoms with Crippen LogP contribution in [0.4, 0.5) is 0 Å². The summed E-state index contributed by atoms with van der Waals surface area (Å²) >= 11 is 16.5. The minimum Gasteiger partial charge on any atom is -0.293 e. The van der Waals surface area contributed by atoms with Gasteiger partial charge in [0.2, 0.25) is 0 Å². The molecule has 17 heavy (non-hydrogen) atoms. The molecule has 0 saturated carbocycles. The quantitative estimate of drug-likeness (QED) is 0.692. The van der Waals surface area contributed by atoms with Crippen molar-refractivity contribution in [3.63, 3.8) is 0 Å². The molecule has 0 aliphatic carbocycles. The molecule has 0 amide bonds. The summed E-state index contributed by atoms with van der Waals surface area (Å²) in [5.74, 6) is 0.0238. The van der Waals surface area contributed by atoms with Crippen molar-refractivity contribution in [1.82, 2.24) is 0 Å². The van der Waals surface area contributed by atoms with Crippen LogP contribution >= 0.6 is 50.5 Å². The molecule has 1 heterocycles. The highest BCUT2D eigenvalue weighted by Gasteiger charge is 2.13. The summed E-state index contributed by atoms with van der Waals surface area (Å²) in [7, 11) is 0. The van der Waals surface area contributed by atoms with E-state index in [0.717, 1.165) is 10.0 Å². The molecule has 1 nitrogen and oxygen atoms in total. The van der Waals surface area contributed by atoms with E-state index in [0.29, 0.717) is 20.7 Å². The zero-order valence-electron chi connectivity index (χ0n) is 8.54. The number of rotatable bonds is 3. The van der Waals surface area contributed by atoms with E-state index >= 15 is 0 Å². The third kappa shape index (κ3) is 3.10. The highest BCUT2D eigenvalue weighted by Crippen LogP contribution is 2.32. The van der Waals surface area contributed by atoms with E-state index in [1.807, 2.05) is 18.2 Å². The predicted molar refractivity (Wildman–Crippen MR) is 76.5 cm³/mol. The van der Waals surface area contributed by atoms with Gasteiger partial charge >= 0.3 is 0 Å². The average molecular weight is 350 g/mol.